The van der Waals surface area contributed by atoms with Gasteiger partial charge in [0.15, 0.2) is 0 Å². The van der Waals surface area contributed by atoms with Crippen LogP contribution in [0.25, 0.3) is 0 Å². The van der Waals surface area contributed by atoms with E-state index in [1.165, 1.54) is 0 Å². The number of ether oxygens (including phenoxy) is 2. The molecule has 24 heavy (non-hydrogen) atoms. The molecule has 0 bridgehead atoms. The summed E-state index contributed by atoms with van der Waals surface area (Å²) in [6, 6.07) is 6.18. The molecule has 1 amide bonds. The van der Waals surface area contributed by atoms with Crippen LogP contribution in [-0.4, -0.2) is 35.4 Å². The van der Waals surface area contributed by atoms with Gasteiger partial charge in [-0.15, -0.1) is 6.42 Å². The van der Waals surface area contributed by atoms with Crippen molar-refractivity contribution in [2.75, 3.05) is 6.61 Å². The number of amides is 1. The minimum Gasteiger partial charge on any atom is -0.481 e. The van der Waals surface area contributed by atoms with Crippen molar-refractivity contribution in [3.63, 3.8) is 0 Å². The molecule has 0 radical (unpaired) electrons. The monoisotopic (exact) mass is 333 g/mol. The molecule has 1 aromatic rings. The first-order valence-corrected chi connectivity index (χ1v) is 7.59. The van der Waals surface area contributed by atoms with Gasteiger partial charge in [-0.1, -0.05) is 18.1 Å². The summed E-state index contributed by atoms with van der Waals surface area (Å²) in [5.41, 5.74) is 0.252. The number of nitrogens with one attached hydrogen (secondary N) is 1. The van der Waals surface area contributed by atoms with E-state index in [0.717, 1.165) is 5.56 Å². The van der Waals surface area contributed by atoms with Gasteiger partial charge in [-0.2, -0.15) is 0 Å². The maximum absolute atomic E-state index is 11.7. The Hall–Kier alpha value is -2.68. The number of aryl methyl sites for hydroxylation is 1. The highest BCUT2D eigenvalue weighted by molar-refractivity contribution is 5.80. The Morgan fingerprint density at radius 2 is 1.92 bits per heavy atom. The summed E-state index contributed by atoms with van der Waals surface area (Å²) in [5, 5.41) is 11.6. The standard InChI is InChI=1S/C18H23NO5/c1-5-12-23-14-9-6-13(7-10-14)8-11-15(16(20)21)19-17(22)24-18(2,3)4/h1,6-7,9-10,15H,8,11-12H2,2-4H3,(H,19,22)(H,20,21)/t15-/m0/s1. The van der Waals surface area contributed by atoms with E-state index in [1.807, 2.05) is 12.1 Å². The predicted octanol–water partition coefficient (Wildman–Crippen LogP) is 2.61. The molecule has 0 aliphatic heterocycles. The van der Waals surface area contributed by atoms with Crippen molar-refractivity contribution in [1.82, 2.24) is 5.32 Å². The molecule has 2 N–H and O–H groups in total. The van der Waals surface area contributed by atoms with Gasteiger partial charge in [0.1, 0.15) is 24.0 Å². The fraction of sp³-hybridized carbons (Fsp3) is 0.444. The van der Waals surface area contributed by atoms with E-state index in [4.69, 9.17) is 15.9 Å². The zero-order chi connectivity index (χ0) is 18.2. The summed E-state index contributed by atoms with van der Waals surface area (Å²) in [7, 11) is 0. The largest absolute Gasteiger partial charge is 0.481 e. The van der Waals surface area contributed by atoms with Crippen LogP contribution in [0, 0.1) is 12.3 Å². The van der Waals surface area contributed by atoms with Crippen LogP contribution in [0.2, 0.25) is 0 Å². The second-order valence-corrected chi connectivity index (χ2v) is 6.21. The lowest BCUT2D eigenvalue weighted by molar-refractivity contribution is -0.139. The van der Waals surface area contributed by atoms with Crippen LogP contribution in [-0.2, 0) is 16.0 Å². The quantitative estimate of drug-likeness (QED) is 0.749. The van der Waals surface area contributed by atoms with E-state index >= 15 is 0 Å². The SMILES string of the molecule is C#CCOc1ccc(CC[C@H](NC(=O)OC(C)(C)C)C(=O)O)cc1. The van der Waals surface area contributed by atoms with Crippen LogP contribution in [0.1, 0.15) is 32.8 Å². The van der Waals surface area contributed by atoms with Crippen LogP contribution < -0.4 is 10.1 Å². The summed E-state index contributed by atoms with van der Waals surface area (Å²) in [4.78, 5) is 23.0. The third-order valence-electron chi connectivity index (χ3n) is 2.96. The molecule has 0 unspecified atom stereocenters. The van der Waals surface area contributed by atoms with Gasteiger partial charge >= 0.3 is 12.1 Å². The summed E-state index contributed by atoms with van der Waals surface area (Å²) in [6.45, 7) is 5.34. The minimum absolute atomic E-state index is 0.195. The van der Waals surface area contributed by atoms with Crippen LogP contribution in [0.5, 0.6) is 5.75 Å². The van der Waals surface area contributed by atoms with Gasteiger partial charge in [-0.25, -0.2) is 9.59 Å². The Bertz CT molecular complexity index is 595. The van der Waals surface area contributed by atoms with Crippen LogP contribution in [0.4, 0.5) is 4.79 Å². The normalized spacial score (nSPS) is 11.9. The number of aliphatic carboxylic acids is 1. The zero-order valence-electron chi connectivity index (χ0n) is 14.2. The lowest BCUT2D eigenvalue weighted by Crippen LogP contribution is -2.43. The van der Waals surface area contributed by atoms with Gasteiger partial charge in [0.05, 0.1) is 0 Å². The minimum atomic E-state index is -1.10. The summed E-state index contributed by atoms with van der Waals surface area (Å²) >= 11 is 0. The van der Waals surface area contributed by atoms with Gasteiger partial charge in [0, 0.05) is 0 Å². The number of hydrogen-bond donors (Lipinski definition) is 2. The summed E-state index contributed by atoms with van der Waals surface area (Å²) in [5.74, 6) is 1.93. The average molecular weight is 333 g/mol. The van der Waals surface area contributed by atoms with Crippen molar-refractivity contribution in [2.45, 2.75) is 45.3 Å². The van der Waals surface area contributed by atoms with Gasteiger partial charge in [-0.05, 0) is 51.3 Å². The molecule has 6 heteroatoms. The fourth-order valence-electron chi connectivity index (χ4n) is 1.90. The van der Waals surface area contributed by atoms with Gasteiger partial charge < -0.3 is 19.9 Å². The molecule has 1 rings (SSSR count). The summed E-state index contributed by atoms with van der Waals surface area (Å²) in [6.07, 6.45) is 5.11. The van der Waals surface area contributed by atoms with E-state index < -0.39 is 23.7 Å². The van der Waals surface area contributed by atoms with Gasteiger partial charge in [0.25, 0.3) is 0 Å². The Kier molecular flexibility index (Phi) is 7.12. The molecule has 0 spiro atoms. The predicted molar refractivity (Wildman–Crippen MR) is 89.9 cm³/mol. The molecule has 1 aromatic carbocycles. The number of carbonyl (C=O) groups excluding carboxylic acids is 1. The highest BCUT2D eigenvalue weighted by Gasteiger charge is 2.23. The first-order valence-electron chi connectivity index (χ1n) is 7.59. The molecular weight excluding hydrogens is 310 g/mol. The number of carbonyl (C=O) groups is 2. The third kappa shape index (κ3) is 7.54. The lowest BCUT2D eigenvalue weighted by Gasteiger charge is -2.22. The van der Waals surface area contributed by atoms with Crippen molar-refractivity contribution in [2.24, 2.45) is 0 Å². The molecule has 1 atom stereocenters. The summed E-state index contributed by atoms with van der Waals surface area (Å²) < 4.78 is 10.3. The number of carboxylic acids is 1. The second-order valence-electron chi connectivity index (χ2n) is 6.21. The van der Waals surface area contributed by atoms with Crippen molar-refractivity contribution in [3.8, 4) is 18.1 Å². The molecule has 0 aliphatic carbocycles. The smallest absolute Gasteiger partial charge is 0.408 e. The van der Waals surface area contributed by atoms with E-state index in [9.17, 15) is 14.7 Å². The third-order valence-corrected chi connectivity index (χ3v) is 2.96. The Labute approximate surface area is 142 Å². The molecular formula is C18H23NO5. The van der Waals surface area contributed by atoms with Crippen molar-refractivity contribution < 1.29 is 24.2 Å². The number of hydrogen-bond acceptors (Lipinski definition) is 4. The number of rotatable bonds is 7. The zero-order valence-corrected chi connectivity index (χ0v) is 14.2. The Balaban J connectivity index is 2.56. The van der Waals surface area contributed by atoms with Crippen molar-refractivity contribution in [3.05, 3.63) is 29.8 Å². The lowest BCUT2D eigenvalue weighted by atomic mass is 10.1. The van der Waals surface area contributed by atoms with Crippen LogP contribution >= 0.6 is 0 Å². The highest BCUT2D eigenvalue weighted by atomic mass is 16.6. The number of alkyl carbamates (subject to hydrolysis) is 1. The molecule has 0 aliphatic rings. The molecule has 0 saturated heterocycles. The maximum Gasteiger partial charge on any atom is 0.408 e. The molecule has 130 valence electrons. The van der Waals surface area contributed by atoms with Crippen molar-refractivity contribution >= 4 is 12.1 Å². The number of carboxylic acid groups (broad SMARTS) is 1. The van der Waals surface area contributed by atoms with E-state index in [1.54, 1.807) is 32.9 Å². The highest BCUT2D eigenvalue weighted by Crippen LogP contribution is 2.14. The van der Waals surface area contributed by atoms with Crippen molar-refractivity contribution in [1.29, 1.82) is 0 Å². The van der Waals surface area contributed by atoms with Gasteiger partial charge in [-0.3, -0.25) is 0 Å². The first kappa shape index (κ1) is 19.4. The van der Waals surface area contributed by atoms with E-state index in [0.29, 0.717) is 12.2 Å². The molecule has 6 nitrogen and oxygen atoms in total. The molecule has 0 saturated carbocycles. The second kappa shape index (κ2) is 8.82. The molecule has 0 heterocycles. The topological polar surface area (TPSA) is 84.9 Å². The molecule has 0 aromatic heterocycles. The van der Waals surface area contributed by atoms with E-state index in [2.05, 4.69) is 11.2 Å². The Morgan fingerprint density at radius 3 is 2.42 bits per heavy atom. The molecule has 0 fully saturated rings. The van der Waals surface area contributed by atoms with Crippen LogP contribution in [0.3, 0.4) is 0 Å². The number of terminal acetylenes is 1. The van der Waals surface area contributed by atoms with E-state index in [-0.39, 0.29) is 13.0 Å². The van der Waals surface area contributed by atoms with Gasteiger partial charge in [0.2, 0.25) is 0 Å². The van der Waals surface area contributed by atoms with Crippen LogP contribution in [0.15, 0.2) is 24.3 Å². The maximum atomic E-state index is 11.7. The first-order chi connectivity index (χ1) is 11.2. The average Bonchev–Trinajstić information content (AvgIpc) is 2.48. The number of benzene rings is 1. The Morgan fingerprint density at radius 1 is 1.29 bits per heavy atom. The fourth-order valence-corrected chi connectivity index (χ4v) is 1.90.